The van der Waals surface area contributed by atoms with Crippen molar-refractivity contribution in [3.05, 3.63) is 48.0 Å². The van der Waals surface area contributed by atoms with Gasteiger partial charge in [-0.05, 0) is 48.9 Å². The Kier molecular flexibility index (Phi) is 4.30. The topological polar surface area (TPSA) is 102 Å². The monoisotopic (exact) mass is 390 g/mol. The molecule has 4 amide bonds. The zero-order chi connectivity index (χ0) is 20.8. The lowest BCUT2D eigenvalue weighted by atomic mass is 9.88. The molecule has 2 aromatic rings. The predicted molar refractivity (Wildman–Crippen MR) is 106 cm³/mol. The fraction of sp³-hybridized carbons (Fsp3) is 0.364. The molecule has 0 aromatic heterocycles. The number of carbonyl (C=O) groups excluding carboxylic acids is 3. The molecule has 7 nitrogen and oxygen atoms in total. The van der Waals surface area contributed by atoms with Crippen molar-refractivity contribution in [2.45, 2.75) is 37.8 Å². The fourth-order valence-electron chi connectivity index (χ4n) is 4.04. The van der Waals surface area contributed by atoms with Gasteiger partial charge in [-0.25, -0.2) is 4.79 Å². The van der Waals surface area contributed by atoms with Crippen LogP contribution >= 0.6 is 0 Å². The van der Waals surface area contributed by atoms with Crippen LogP contribution in [0.2, 0.25) is 0 Å². The van der Waals surface area contributed by atoms with Gasteiger partial charge in [0.15, 0.2) is 0 Å². The van der Waals surface area contributed by atoms with Crippen LogP contribution < -0.4 is 10.6 Å². The molecule has 0 radical (unpaired) electrons. The molecule has 29 heavy (non-hydrogen) atoms. The first-order valence-electron chi connectivity index (χ1n) is 9.63. The molecule has 4 rings (SSSR count). The highest BCUT2D eigenvalue weighted by Gasteiger charge is 2.51. The number of urea groups is 1. The molecule has 148 valence electrons. The van der Waals surface area contributed by atoms with E-state index in [9.17, 15) is 19.6 Å². The maximum absolute atomic E-state index is 13.2. The second-order valence-corrected chi connectivity index (χ2v) is 8.11. The Hall–Kier alpha value is -3.40. The largest absolute Gasteiger partial charge is 0.336 e. The number of hydrogen-bond donors (Lipinski definition) is 2. The minimum atomic E-state index is -1.27. The molecule has 1 saturated carbocycles. The third-order valence-electron chi connectivity index (χ3n) is 5.93. The van der Waals surface area contributed by atoms with E-state index in [4.69, 9.17) is 0 Å². The third-order valence-corrected chi connectivity index (χ3v) is 5.93. The number of nitriles is 1. The summed E-state index contributed by atoms with van der Waals surface area (Å²) in [6.45, 7) is 2.90. The van der Waals surface area contributed by atoms with Crippen molar-refractivity contribution >= 4 is 28.6 Å². The van der Waals surface area contributed by atoms with E-state index in [1.165, 1.54) is 0 Å². The Balaban J connectivity index is 1.58. The van der Waals surface area contributed by atoms with E-state index in [2.05, 4.69) is 16.7 Å². The lowest BCUT2D eigenvalue weighted by Crippen LogP contribution is -2.51. The van der Waals surface area contributed by atoms with E-state index in [1.807, 2.05) is 42.5 Å². The van der Waals surface area contributed by atoms with E-state index < -0.39 is 35.5 Å². The molecule has 0 bridgehead atoms. The Morgan fingerprint density at radius 3 is 2.66 bits per heavy atom. The number of nitrogens with one attached hydrogen (secondary N) is 2. The van der Waals surface area contributed by atoms with Gasteiger partial charge in [-0.15, -0.1) is 0 Å². The maximum Gasteiger partial charge on any atom is 0.325 e. The molecule has 1 saturated heterocycles. The second kappa shape index (κ2) is 6.59. The van der Waals surface area contributed by atoms with E-state index in [0.717, 1.165) is 28.5 Å². The van der Waals surface area contributed by atoms with Gasteiger partial charge >= 0.3 is 6.03 Å². The summed E-state index contributed by atoms with van der Waals surface area (Å²) in [6.07, 6.45) is 1.76. The lowest BCUT2D eigenvalue weighted by molar-refractivity contribution is -0.135. The normalized spacial score (nSPS) is 23.4. The van der Waals surface area contributed by atoms with Crippen molar-refractivity contribution in [1.29, 1.82) is 5.26 Å². The molecule has 7 heteroatoms. The molecule has 2 aromatic carbocycles. The molecule has 1 heterocycles. The zero-order valence-electron chi connectivity index (χ0n) is 16.4. The van der Waals surface area contributed by atoms with Crippen LogP contribution in [0.25, 0.3) is 10.8 Å². The van der Waals surface area contributed by atoms with E-state index >= 15 is 0 Å². The summed E-state index contributed by atoms with van der Waals surface area (Å²) in [5.41, 5.74) is -1.57. The van der Waals surface area contributed by atoms with E-state index in [0.29, 0.717) is 5.56 Å². The van der Waals surface area contributed by atoms with Crippen molar-refractivity contribution in [3.8, 4) is 6.07 Å². The summed E-state index contributed by atoms with van der Waals surface area (Å²) in [4.78, 5) is 39.2. The van der Waals surface area contributed by atoms with Crippen LogP contribution in [-0.4, -0.2) is 34.8 Å². The van der Waals surface area contributed by atoms with Crippen LogP contribution in [0.15, 0.2) is 42.5 Å². The minimum Gasteiger partial charge on any atom is -0.336 e. The highest BCUT2D eigenvalue weighted by atomic mass is 16.2. The van der Waals surface area contributed by atoms with Gasteiger partial charge in [-0.2, -0.15) is 5.26 Å². The predicted octanol–water partition coefficient (Wildman–Crippen LogP) is 2.42. The Labute approximate surface area is 168 Å². The second-order valence-electron chi connectivity index (χ2n) is 8.11. The highest BCUT2D eigenvalue weighted by Crippen LogP contribution is 2.39. The third kappa shape index (κ3) is 3.11. The molecular weight excluding hydrogens is 368 g/mol. The Morgan fingerprint density at radius 2 is 1.97 bits per heavy atom. The average molecular weight is 390 g/mol. The first kappa shape index (κ1) is 18.9. The zero-order valence-corrected chi connectivity index (χ0v) is 16.4. The van der Waals surface area contributed by atoms with Crippen LogP contribution in [0, 0.1) is 17.2 Å². The van der Waals surface area contributed by atoms with Gasteiger partial charge < -0.3 is 10.6 Å². The van der Waals surface area contributed by atoms with Crippen molar-refractivity contribution in [1.82, 2.24) is 15.5 Å². The van der Waals surface area contributed by atoms with Gasteiger partial charge in [0.05, 0.1) is 6.07 Å². The molecular formula is C22H22N4O3. The Morgan fingerprint density at radius 1 is 1.28 bits per heavy atom. The van der Waals surface area contributed by atoms with Crippen LogP contribution in [0.3, 0.4) is 0 Å². The maximum atomic E-state index is 13.2. The van der Waals surface area contributed by atoms with Crippen molar-refractivity contribution < 1.29 is 14.4 Å². The molecule has 2 aliphatic rings. The van der Waals surface area contributed by atoms with E-state index in [1.54, 1.807) is 13.8 Å². The first-order valence-corrected chi connectivity index (χ1v) is 9.63. The molecule has 0 spiro atoms. The molecule has 0 unspecified atom stereocenters. The number of rotatable bonds is 5. The lowest BCUT2D eigenvalue weighted by Gasteiger charge is -2.25. The van der Waals surface area contributed by atoms with E-state index in [-0.39, 0.29) is 5.92 Å². The number of carbonyl (C=O) groups is 3. The van der Waals surface area contributed by atoms with Gasteiger partial charge in [0.25, 0.3) is 5.91 Å². The summed E-state index contributed by atoms with van der Waals surface area (Å²) >= 11 is 0. The molecule has 2 atom stereocenters. The quantitative estimate of drug-likeness (QED) is 0.766. The summed E-state index contributed by atoms with van der Waals surface area (Å²) < 4.78 is 0. The number of hydrogen-bond acceptors (Lipinski definition) is 4. The number of fused-ring (bicyclic) bond motifs is 1. The minimum absolute atomic E-state index is 0.112. The number of benzene rings is 2. The molecule has 2 N–H and O–H groups in total. The Bertz CT molecular complexity index is 1070. The van der Waals surface area contributed by atoms with Crippen molar-refractivity contribution in [3.63, 3.8) is 0 Å². The van der Waals surface area contributed by atoms with Crippen LogP contribution in [0.1, 0.15) is 32.3 Å². The molecule has 1 aliphatic carbocycles. The summed E-state index contributed by atoms with van der Waals surface area (Å²) in [5, 5.41) is 16.7. The fourth-order valence-corrected chi connectivity index (χ4v) is 4.04. The van der Waals surface area contributed by atoms with Crippen LogP contribution in [0.4, 0.5) is 4.79 Å². The first-order chi connectivity index (χ1) is 13.8. The summed E-state index contributed by atoms with van der Waals surface area (Å²) in [5.74, 6) is -0.897. The van der Waals surface area contributed by atoms with Gasteiger partial charge in [0, 0.05) is 0 Å². The number of imide groups is 1. The smallest absolute Gasteiger partial charge is 0.325 e. The highest BCUT2D eigenvalue weighted by molar-refractivity contribution is 6.10. The van der Waals surface area contributed by atoms with Gasteiger partial charge in [0.1, 0.15) is 17.6 Å². The molecule has 2 fully saturated rings. The molecule has 1 aliphatic heterocycles. The van der Waals surface area contributed by atoms with Crippen molar-refractivity contribution in [2.24, 2.45) is 5.92 Å². The van der Waals surface area contributed by atoms with Gasteiger partial charge in [-0.3, -0.25) is 14.5 Å². The number of amides is 4. The standard InChI is InChI=1S/C22H22N4O3/c1-21(13-23,15-10-11-15)24-18(27)12-26-19(28)22(2,25-20(26)29)17-9-5-7-14-6-3-4-8-16(14)17/h3-9,15H,10-12H2,1-2H3,(H,24,27)(H,25,29)/t21-,22+/m1/s1. The van der Waals surface area contributed by atoms with Crippen molar-refractivity contribution in [2.75, 3.05) is 6.54 Å². The summed E-state index contributed by atoms with van der Waals surface area (Å²) in [7, 11) is 0. The summed E-state index contributed by atoms with van der Waals surface area (Å²) in [6, 6.07) is 14.7. The van der Waals surface area contributed by atoms with Gasteiger partial charge in [0.2, 0.25) is 5.91 Å². The average Bonchev–Trinajstić information content (AvgIpc) is 3.53. The van der Waals surface area contributed by atoms with Crippen LogP contribution in [0.5, 0.6) is 0 Å². The van der Waals surface area contributed by atoms with Crippen LogP contribution in [-0.2, 0) is 15.1 Å². The van der Waals surface area contributed by atoms with Gasteiger partial charge in [-0.1, -0.05) is 42.5 Å². The SMILES string of the molecule is C[C@](C#N)(NC(=O)CN1C(=O)N[C@@](C)(c2cccc3ccccc23)C1=O)C1CC1. The number of nitrogens with zero attached hydrogens (tertiary/aromatic N) is 2.